The van der Waals surface area contributed by atoms with Crippen molar-refractivity contribution in [3.05, 3.63) is 45.6 Å². The van der Waals surface area contributed by atoms with Crippen LogP contribution in [0.5, 0.6) is 0 Å². The summed E-state index contributed by atoms with van der Waals surface area (Å²) in [7, 11) is 1.83. The van der Waals surface area contributed by atoms with Gasteiger partial charge >= 0.3 is 4.87 Å². The Morgan fingerprint density at radius 3 is 2.95 bits per heavy atom. The molecule has 2 atom stereocenters. The van der Waals surface area contributed by atoms with Crippen LogP contribution in [0, 0.1) is 5.92 Å². The molecule has 3 rings (SSSR count). The fraction of sp³-hybridized carbons (Fsp3) is 0.412. The zero-order valence-corrected chi connectivity index (χ0v) is 15.7. The summed E-state index contributed by atoms with van der Waals surface area (Å²) in [5.41, 5.74) is 2.22. The van der Waals surface area contributed by atoms with Gasteiger partial charge in [0.1, 0.15) is 0 Å². The highest BCUT2D eigenvalue weighted by Crippen LogP contribution is 2.33. The number of hydrogen-bond donors (Lipinski definition) is 0. The molecule has 0 saturated heterocycles. The SMILES string of the molecule is Cn1c(=O)sc2cc(CC(CCI)C3(C)C=CC=N3)ccc21. The van der Waals surface area contributed by atoms with Crippen molar-refractivity contribution in [1.29, 1.82) is 0 Å². The van der Waals surface area contributed by atoms with Crippen LogP contribution in [-0.4, -0.2) is 20.7 Å². The van der Waals surface area contributed by atoms with Crippen molar-refractivity contribution in [2.75, 3.05) is 4.43 Å². The molecule has 3 nitrogen and oxygen atoms in total. The molecule has 2 unspecified atom stereocenters. The molecule has 1 aromatic carbocycles. The van der Waals surface area contributed by atoms with Crippen LogP contribution in [0.4, 0.5) is 0 Å². The van der Waals surface area contributed by atoms with Gasteiger partial charge in [-0.2, -0.15) is 0 Å². The lowest BCUT2D eigenvalue weighted by Gasteiger charge is -2.30. The molecule has 0 fully saturated rings. The molecule has 1 aliphatic heterocycles. The third-order valence-electron chi connectivity index (χ3n) is 4.50. The first-order chi connectivity index (χ1) is 10.5. The second-order valence-corrected chi connectivity index (χ2v) is 8.04. The summed E-state index contributed by atoms with van der Waals surface area (Å²) in [6.07, 6.45) is 8.30. The van der Waals surface area contributed by atoms with E-state index in [-0.39, 0.29) is 10.4 Å². The topological polar surface area (TPSA) is 34.4 Å². The second-order valence-electron chi connectivity index (χ2n) is 5.97. The maximum atomic E-state index is 11.8. The number of nitrogens with zero attached hydrogens (tertiary/aromatic N) is 2. The number of fused-ring (bicyclic) bond motifs is 1. The van der Waals surface area contributed by atoms with E-state index in [1.165, 1.54) is 16.9 Å². The Balaban J connectivity index is 1.91. The Bertz CT molecular complexity index is 791. The third-order valence-corrected chi connectivity index (χ3v) is 6.11. The maximum Gasteiger partial charge on any atom is 0.307 e. The smallest absolute Gasteiger partial charge is 0.302 e. The van der Waals surface area contributed by atoms with Crippen LogP contribution in [0.25, 0.3) is 10.2 Å². The van der Waals surface area contributed by atoms with E-state index in [1.54, 1.807) is 4.57 Å². The van der Waals surface area contributed by atoms with Crippen LogP contribution in [0.1, 0.15) is 18.9 Å². The van der Waals surface area contributed by atoms with E-state index in [9.17, 15) is 4.79 Å². The normalized spacial score (nSPS) is 21.8. The molecule has 0 bridgehead atoms. The van der Waals surface area contributed by atoms with Gasteiger partial charge in [0.05, 0.1) is 15.8 Å². The lowest BCUT2D eigenvalue weighted by atomic mass is 9.80. The van der Waals surface area contributed by atoms with Gasteiger partial charge in [-0.1, -0.05) is 46.1 Å². The maximum absolute atomic E-state index is 11.8. The van der Waals surface area contributed by atoms with Crippen LogP contribution >= 0.6 is 33.9 Å². The van der Waals surface area contributed by atoms with E-state index < -0.39 is 0 Å². The standard InChI is InChI=1S/C17H19IN2OS/c1-17(7-3-9-19-17)13(6-8-18)10-12-4-5-14-15(11-12)22-16(21)20(14)2/h3-5,7,9,11,13H,6,8,10H2,1-2H3. The van der Waals surface area contributed by atoms with Gasteiger partial charge in [-0.25, -0.2) is 0 Å². The van der Waals surface area contributed by atoms with E-state index in [0.29, 0.717) is 5.92 Å². The van der Waals surface area contributed by atoms with E-state index in [1.807, 2.05) is 19.3 Å². The molecule has 0 aliphatic carbocycles. The lowest BCUT2D eigenvalue weighted by Crippen LogP contribution is -2.31. The van der Waals surface area contributed by atoms with Crippen molar-refractivity contribution >= 4 is 50.4 Å². The summed E-state index contributed by atoms with van der Waals surface area (Å²) in [4.78, 5) is 16.6. The zero-order chi connectivity index (χ0) is 15.7. The number of thiazole rings is 1. The zero-order valence-electron chi connectivity index (χ0n) is 12.8. The molecule has 1 aromatic heterocycles. The van der Waals surface area contributed by atoms with Crippen LogP contribution in [-0.2, 0) is 13.5 Å². The summed E-state index contributed by atoms with van der Waals surface area (Å²) < 4.78 is 3.92. The van der Waals surface area contributed by atoms with E-state index in [2.05, 4.69) is 58.8 Å². The first-order valence-corrected chi connectivity index (χ1v) is 9.75. The summed E-state index contributed by atoms with van der Waals surface area (Å²) in [6, 6.07) is 6.40. The molecule has 0 radical (unpaired) electrons. The molecule has 0 N–H and O–H groups in total. The molecule has 2 heterocycles. The van der Waals surface area contributed by atoms with E-state index >= 15 is 0 Å². The number of hydrogen-bond acceptors (Lipinski definition) is 3. The highest BCUT2D eigenvalue weighted by atomic mass is 127. The second kappa shape index (κ2) is 6.28. The number of halogens is 1. The van der Waals surface area contributed by atoms with Crippen LogP contribution in [0.3, 0.4) is 0 Å². The largest absolute Gasteiger partial charge is 0.307 e. The van der Waals surface area contributed by atoms with Crippen molar-refractivity contribution in [1.82, 2.24) is 4.57 Å². The first kappa shape index (κ1) is 15.9. The van der Waals surface area contributed by atoms with Crippen LogP contribution < -0.4 is 4.87 Å². The van der Waals surface area contributed by atoms with Gasteiger partial charge in [0, 0.05) is 13.3 Å². The van der Waals surface area contributed by atoms with Crippen molar-refractivity contribution in [2.24, 2.45) is 18.0 Å². The summed E-state index contributed by atoms with van der Waals surface area (Å²) in [6.45, 7) is 2.21. The molecule has 22 heavy (non-hydrogen) atoms. The average Bonchev–Trinajstić information content (AvgIpc) is 3.05. The van der Waals surface area contributed by atoms with E-state index in [4.69, 9.17) is 0 Å². The summed E-state index contributed by atoms with van der Waals surface area (Å²) >= 11 is 3.77. The van der Waals surface area contributed by atoms with Crippen molar-refractivity contribution in [3.8, 4) is 0 Å². The van der Waals surface area contributed by atoms with Gasteiger partial charge in [0.15, 0.2) is 0 Å². The fourth-order valence-corrected chi connectivity index (χ4v) is 4.74. The summed E-state index contributed by atoms with van der Waals surface area (Å²) in [5, 5.41) is 0. The Morgan fingerprint density at radius 1 is 1.45 bits per heavy atom. The molecule has 0 amide bonds. The van der Waals surface area contributed by atoms with E-state index in [0.717, 1.165) is 27.5 Å². The number of aryl methyl sites for hydroxylation is 1. The Morgan fingerprint density at radius 2 is 2.27 bits per heavy atom. The molecular formula is C17H19IN2OS. The summed E-state index contributed by atoms with van der Waals surface area (Å²) in [5.74, 6) is 0.484. The number of aromatic nitrogens is 1. The molecule has 1 aliphatic rings. The van der Waals surface area contributed by atoms with Gasteiger partial charge < -0.3 is 4.57 Å². The molecule has 116 valence electrons. The van der Waals surface area contributed by atoms with Crippen LogP contribution in [0.2, 0.25) is 0 Å². The van der Waals surface area contributed by atoms with Gasteiger partial charge in [0.2, 0.25) is 0 Å². The quantitative estimate of drug-likeness (QED) is 0.526. The molecular weight excluding hydrogens is 407 g/mol. The predicted octanol–water partition coefficient (Wildman–Crippen LogP) is 3.98. The minimum Gasteiger partial charge on any atom is -0.302 e. The van der Waals surface area contributed by atoms with Crippen molar-refractivity contribution in [3.63, 3.8) is 0 Å². The molecule has 0 spiro atoms. The monoisotopic (exact) mass is 426 g/mol. The number of rotatable bonds is 5. The predicted molar refractivity (Wildman–Crippen MR) is 104 cm³/mol. The first-order valence-electron chi connectivity index (χ1n) is 7.41. The number of allylic oxidation sites excluding steroid dienone is 1. The average molecular weight is 426 g/mol. The molecule has 0 saturated carbocycles. The Kier molecular flexibility index (Phi) is 4.54. The van der Waals surface area contributed by atoms with Gasteiger partial charge in [-0.15, -0.1) is 0 Å². The molecule has 5 heteroatoms. The fourth-order valence-electron chi connectivity index (χ4n) is 3.05. The Hall–Kier alpha value is -0.950. The lowest BCUT2D eigenvalue weighted by molar-refractivity contribution is 0.356. The van der Waals surface area contributed by atoms with Gasteiger partial charge in [-0.3, -0.25) is 9.79 Å². The molecule has 2 aromatic rings. The van der Waals surface area contributed by atoms with Crippen molar-refractivity contribution in [2.45, 2.75) is 25.3 Å². The van der Waals surface area contributed by atoms with Crippen molar-refractivity contribution < 1.29 is 0 Å². The Labute approximate surface area is 147 Å². The number of alkyl halides is 1. The van der Waals surface area contributed by atoms with Crippen LogP contribution in [0.15, 0.2) is 40.1 Å². The number of aliphatic imine (C=N–C) groups is 1. The minimum atomic E-state index is -0.0933. The number of benzene rings is 1. The van der Waals surface area contributed by atoms with Gasteiger partial charge in [-0.05, 0) is 53.9 Å². The third kappa shape index (κ3) is 2.93. The van der Waals surface area contributed by atoms with Gasteiger partial charge in [0.25, 0.3) is 0 Å². The highest BCUT2D eigenvalue weighted by molar-refractivity contribution is 14.1. The minimum absolute atomic E-state index is 0.0933. The highest BCUT2D eigenvalue weighted by Gasteiger charge is 2.32.